The van der Waals surface area contributed by atoms with Crippen molar-refractivity contribution in [2.45, 2.75) is 26.2 Å². The van der Waals surface area contributed by atoms with E-state index in [1.54, 1.807) is 6.92 Å². The first-order chi connectivity index (χ1) is 9.45. The molecule has 1 aliphatic carbocycles. The number of halogens is 3. The van der Waals surface area contributed by atoms with Crippen LogP contribution in [0.15, 0.2) is 18.2 Å². The Morgan fingerprint density at radius 2 is 2.15 bits per heavy atom. The Hall–Kier alpha value is -1.85. The van der Waals surface area contributed by atoms with Crippen LogP contribution in [0.5, 0.6) is 0 Å². The molecule has 0 fully saturated rings. The fraction of sp³-hybridized carbons (Fsp3) is 0.429. The Labute approximate surface area is 113 Å². The maximum absolute atomic E-state index is 13.6. The summed E-state index contributed by atoms with van der Waals surface area (Å²) in [5.41, 5.74) is -2.93. The van der Waals surface area contributed by atoms with E-state index in [2.05, 4.69) is 0 Å². The van der Waals surface area contributed by atoms with Gasteiger partial charge in [0.2, 0.25) is 0 Å². The molecule has 0 saturated heterocycles. The van der Waals surface area contributed by atoms with E-state index in [1.165, 1.54) is 12.1 Å². The summed E-state index contributed by atoms with van der Waals surface area (Å²) in [6.07, 6.45) is -3.46. The van der Waals surface area contributed by atoms with Crippen LogP contribution in [0.1, 0.15) is 29.3 Å². The van der Waals surface area contributed by atoms with Gasteiger partial charge in [-0.15, -0.1) is 0 Å². The topological polar surface area (TPSA) is 43.4 Å². The van der Waals surface area contributed by atoms with Crippen LogP contribution in [-0.4, -0.2) is 24.8 Å². The molecule has 108 valence electrons. The minimum Gasteiger partial charge on any atom is -0.465 e. The van der Waals surface area contributed by atoms with Crippen LogP contribution < -0.4 is 0 Å². The molecular weight excluding hydrogens is 273 g/mol. The van der Waals surface area contributed by atoms with Gasteiger partial charge in [-0.25, -0.2) is 13.2 Å². The van der Waals surface area contributed by atoms with Gasteiger partial charge in [-0.05, 0) is 12.5 Å². The molecule has 0 saturated carbocycles. The van der Waals surface area contributed by atoms with E-state index < -0.39 is 35.8 Å². The zero-order chi connectivity index (χ0) is 14.9. The smallest absolute Gasteiger partial charge is 0.326 e. The SMILES string of the molecule is CCCOC(=O)C1(C(F)F)Cc2c(F)cccc2C1=O. The molecule has 3 nitrogen and oxygen atoms in total. The summed E-state index contributed by atoms with van der Waals surface area (Å²) >= 11 is 0. The molecule has 1 aliphatic rings. The zero-order valence-electron chi connectivity index (χ0n) is 10.8. The van der Waals surface area contributed by atoms with Crippen molar-refractivity contribution in [2.75, 3.05) is 6.61 Å². The van der Waals surface area contributed by atoms with E-state index >= 15 is 0 Å². The van der Waals surface area contributed by atoms with Gasteiger partial charge in [0.25, 0.3) is 6.43 Å². The summed E-state index contributed by atoms with van der Waals surface area (Å²) in [7, 11) is 0. The van der Waals surface area contributed by atoms with E-state index in [0.717, 1.165) is 6.07 Å². The third kappa shape index (κ3) is 1.99. The highest BCUT2D eigenvalue weighted by Crippen LogP contribution is 2.43. The van der Waals surface area contributed by atoms with E-state index in [4.69, 9.17) is 4.74 Å². The second-order valence-corrected chi connectivity index (χ2v) is 4.68. The van der Waals surface area contributed by atoms with Crippen molar-refractivity contribution in [1.29, 1.82) is 0 Å². The highest BCUT2D eigenvalue weighted by atomic mass is 19.3. The van der Waals surface area contributed by atoms with Gasteiger partial charge < -0.3 is 4.74 Å². The van der Waals surface area contributed by atoms with Gasteiger partial charge in [-0.3, -0.25) is 9.59 Å². The Morgan fingerprint density at radius 1 is 1.45 bits per heavy atom. The quantitative estimate of drug-likeness (QED) is 0.631. The summed E-state index contributed by atoms with van der Waals surface area (Å²) in [6.45, 7) is 1.65. The van der Waals surface area contributed by atoms with Crippen molar-refractivity contribution >= 4 is 11.8 Å². The van der Waals surface area contributed by atoms with E-state index in [-0.39, 0.29) is 17.7 Å². The molecule has 6 heteroatoms. The number of rotatable bonds is 4. The molecule has 0 spiro atoms. The van der Waals surface area contributed by atoms with Crippen LogP contribution >= 0.6 is 0 Å². The molecule has 20 heavy (non-hydrogen) atoms. The standard InChI is InChI=1S/C14H13F3O3/c1-2-6-20-13(19)14(12(16)17)7-9-8(11(14)18)4-3-5-10(9)15/h3-5,12H,2,6-7H2,1H3. The van der Waals surface area contributed by atoms with Crippen LogP contribution in [-0.2, 0) is 16.0 Å². The maximum atomic E-state index is 13.6. The minimum atomic E-state index is -3.24. The third-order valence-corrected chi connectivity index (χ3v) is 3.40. The average Bonchev–Trinajstić information content (AvgIpc) is 2.72. The number of fused-ring (bicyclic) bond motifs is 1. The molecule has 1 atom stereocenters. The van der Waals surface area contributed by atoms with Crippen LogP contribution in [0.3, 0.4) is 0 Å². The number of esters is 1. The second kappa shape index (κ2) is 5.26. The number of carbonyl (C=O) groups excluding carboxylic acids is 2. The van der Waals surface area contributed by atoms with Crippen molar-refractivity contribution in [2.24, 2.45) is 5.41 Å². The summed E-state index contributed by atoms with van der Waals surface area (Å²) in [4.78, 5) is 24.1. The molecule has 1 aromatic rings. The first kappa shape index (κ1) is 14.6. The lowest BCUT2D eigenvalue weighted by molar-refractivity contribution is -0.160. The van der Waals surface area contributed by atoms with Gasteiger partial charge in [-0.2, -0.15) is 0 Å². The van der Waals surface area contributed by atoms with Gasteiger partial charge >= 0.3 is 5.97 Å². The number of hydrogen-bond acceptors (Lipinski definition) is 3. The van der Waals surface area contributed by atoms with Gasteiger partial charge in [-0.1, -0.05) is 19.1 Å². The van der Waals surface area contributed by atoms with Crippen LogP contribution in [0.4, 0.5) is 13.2 Å². The normalized spacial score (nSPS) is 21.1. The lowest BCUT2D eigenvalue weighted by atomic mass is 9.84. The molecule has 1 unspecified atom stereocenters. The highest BCUT2D eigenvalue weighted by molar-refractivity contribution is 6.16. The van der Waals surface area contributed by atoms with Crippen LogP contribution in [0.2, 0.25) is 0 Å². The van der Waals surface area contributed by atoms with Crippen molar-refractivity contribution in [3.8, 4) is 0 Å². The molecule has 1 aromatic carbocycles. The summed E-state index contributed by atoms with van der Waals surface area (Å²) in [5.74, 6) is -3.11. The Balaban J connectivity index is 2.45. The van der Waals surface area contributed by atoms with Crippen LogP contribution in [0, 0.1) is 11.2 Å². The van der Waals surface area contributed by atoms with Crippen molar-refractivity contribution < 1.29 is 27.5 Å². The third-order valence-electron chi connectivity index (χ3n) is 3.40. The Kier molecular flexibility index (Phi) is 3.83. The predicted octanol–water partition coefficient (Wildman–Crippen LogP) is 2.77. The number of hydrogen-bond donors (Lipinski definition) is 0. The average molecular weight is 286 g/mol. The number of ether oxygens (including phenoxy) is 1. The Morgan fingerprint density at radius 3 is 2.70 bits per heavy atom. The number of benzene rings is 1. The first-order valence-corrected chi connectivity index (χ1v) is 6.22. The number of alkyl halides is 2. The van der Waals surface area contributed by atoms with E-state index in [9.17, 15) is 22.8 Å². The van der Waals surface area contributed by atoms with Crippen LogP contribution in [0.25, 0.3) is 0 Å². The predicted molar refractivity (Wildman–Crippen MR) is 64.1 cm³/mol. The molecule has 2 rings (SSSR count). The molecule has 0 heterocycles. The van der Waals surface area contributed by atoms with Crippen molar-refractivity contribution in [1.82, 2.24) is 0 Å². The molecule has 0 aromatic heterocycles. The summed E-state index contributed by atoms with van der Waals surface area (Å²) < 4.78 is 45.1. The van der Waals surface area contributed by atoms with E-state index in [1.807, 2.05) is 0 Å². The van der Waals surface area contributed by atoms with Gasteiger partial charge in [0.05, 0.1) is 6.61 Å². The van der Waals surface area contributed by atoms with Gasteiger partial charge in [0, 0.05) is 17.5 Å². The number of ketones is 1. The monoisotopic (exact) mass is 286 g/mol. The molecular formula is C14H13F3O3. The van der Waals surface area contributed by atoms with Gasteiger partial charge in [0.15, 0.2) is 11.2 Å². The number of Topliss-reactive ketones (excluding diaryl/α,β-unsaturated/α-hetero) is 1. The lowest BCUT2D eigenvalue weighted by Crippen LogP contribution is -2.45. The van der Waals surface area contributed by atoms with E-state index in [0.29, 0.717) is 6.42 Å². The van der Waals surface area contributed by atoms with Crippen molar-refractivity contribution in [3.05, 3.63) is 35.1 Å². The van der Waals surface area contributed by atoms with Crippen molar-refractivity contribution in [3.63, 3.8) is 0 Å². The Bertz CT molecular complexity index is 557. The first-order valence-electron chi connectivity index (χ1n) is 6.22. The maximum Gasteiger partial charge on any atom is 0.326 e. The highest BCUT2D eigenvalue weighted by Gasteiger charge is 2.60. The number of carbonyl (C=O) groups is 2. The fourth-order valence-corrected chi connectivity index (χ4v) is 2.30. The summed E-state index contributed by atoms with van der Waals surface area (Å²) in [5, 5.41) is 0. The fourth-order valence-electron chi connectivity index (χ4n) is 2.30. The molecule has 0 aliphatic heterocycles. The molecule has 0 amide bonds. The molecule has 0 N–H and O–H groups in total. The van der Waals surface area contributed by atoms with Gasteiger partial charge in [0.1, 0.15) is 5.82 Å². The largest absolute Gasteiger partial charge is 0.465 e. The lowest BCUT2D eigenvalue weighted by Gasteiger charge is -2.23. The minimum absolute atomic E-state index is 0.0561. The zero-order valence-corrected chi connectivity index (χ0v) is 10.8. The summed E-state index contributed by atoms with van der Waals surface area (Å²) in [6, 6.07) is 3.58. The molecule has 0 bridgehead atoms. The second-order valence-electron chi connectivity index (χ2n) is 4.68. The molecule has 0 radical (unpaired) electrons.